The fourth-order valence-corrected chi connectivity index (χ4v) is 2.52. The molecule has 0 atom stereocenters. The predicted octanol–water partition coefficient (Wildman–Crippen LogP) is 4.25. The van der Waals surface area contributed by atoms with Crippen LogP contribution in [0.3, 0.4) is 0 Å². The lowest BCUT2D eigenvalue weighted by molar-refractivity contribution is -0.384. The normalized spacial score (nSPS) is 10.8. The average Bonchev–Trinajstić information content (AvgIpc) is 2.84. The summed E-state index contributed by atoms with van der Waals surface area (Å²) in [5.41, 5.74) is 2.01. The third kappa shape index (κ3) is 2.26. The van der Waals surface area contributed by atoms with Crippen molar-refractivity contribution < 1.29 is 4.92 Å². The maximum absolute atomic E-state index is 10.8. The highest BCUT2D eigenvalue weighted by atomic mass is 35.5. The lowest BCUT2D eigenvalue weighted by Gasteiger charge is -2.06. The summed E-state index contributed by atoms with van der Waals surface area (Å²) in [5, 5.41) is 12.5. The van der Waals surface area contributed by atoms with Gasteiger partial charge in [0.25, 0.3) is 5.69 Å². The Labute approximate surface area is 120 Å². The van der Waals surface area contributed by atoms with Crippen LogP contribution in [-0.4, -0.2) is 9.49 Å². The number of fused-ring (bicyclic) bond motifs is 1. The van der Waals surface area contributed by atoms with Crippen LogP contribution in [0.1, 0.15) is 5.56 Å². The van der Waals surface area contributed by atoms with Crippen molar-refractivity contribution in [2.75, 3.05) is 0 Å². The third-order valence-electron chi connectivity index (χ3n) is 3.23. The average molecular weight is 287 g/mol. The van der Waals surface area contributed by atoms with Crippen molar-refractivity contribution in [3.8, 4) is 0 Å². The molecule has 0 bridgehead atoms. The molecule has 2 aromatic carbocycles. The van der Waals surface area contributed by atoms with Crippen LogP contribution in [0.15, 0.2) is 54.7 Å². The first kappa shape index (κ1) is 12.7. The van der Waals surface area contributed by atoms with Gasteiger partial charge in [0.05, 0.1) is 4.92 Å². The summed E-state index contributed by atoms with van der Waals surface area (Å²) in [5.74, 6) is 0. The molecule has 0 aliphatic rings. The molecule has 0 aliphatic carbocycles. The van der Waals surface area contributed by atoms with Gasteiger partial charge < -0.3 is 4.57 Å². The van der Waals surface area contributed by atoms with Gasteiger partial charge in [0.2, 0.25) is 0 Å². The molecule has 20 heavy (non-hydrogen) atoms. The summed E-state index contributed by atoms with van der Waals surface area (Å²) >= 11 is 6.14. The molecule has 1 aromatic heterocycles. The lowest BCUT2D eigenvalue weighted by Crippen LogP contribution is -1.98. The van der Waals surface area contributed by atoms with Gasteiger partial charge in [-0.15, -0.1) is 0 Å². The predicted molar refractivity (Wildman–Crippen MR) is 79.1 cm³/mol. The van der Waals surface area contributed by atoms with E-state index in [0.717, 1.165) is 16.5 Å². The molecular weight excluding hydrogens is 276 g/mol. The summed E-state index contributed by atoms with van der Waals surface area (Å²) in [6.07, 6.45) is 1.94. The molecule has 0 unspecified atom stereocenters. The maximum Gasteiger partial charge on any atom is 0.269 e. The number of benzene rings is 2. The van der Waals surface area contributed by atoms with Crippen LogP contribution in [0.25, 0.3) is 10.9 Å². The van der Waals surface area contributed by atoms with Crippen LogP contribution in [0.4, 0.5) is 5.69 Å². The molecule has 1 heterocycles. The summed E-state index contributed by atoms with van der Waals surface area (Å²) in [6.45, 7) is 0.575. The van der Waals surface area contributed by atoms with E-state index in [1.807, 2.05) is 41.1 Å². The first-order valence-corrected chi connectivity index (χ1v) is 6.49. The van der Waals surface area contributed by atoms with Crippen LogP contribution in [0, 0.1) is 10.1 Å². The van der Waals surface area contributed by atoms with E-state index in [9.17, 15) is 10.1 Å². The molecule has 0 amide bonds. The van der Waals surface area contributed by atoms with E-state index in [-0.39, 0.29) is 10.6 Å². The number of aromatic nitrogens is 1. The Bertz CT molecular complexity index is 795. The minimum Gasteiger partial charge on any atom is -0.343 e. The Morgan fingerprint density at radius 2 is 1.95 bits per heavy atom. The van der Waals surface area contributed by atoms with Gasteiger partial charge in [-0.25, -0.2) is 0 Å². The SMILES string of the molecule is O=[N+]([O-])c1cccc(Cn2ccc3c(Cl)cccc32)c1. The van der Waals surface area contributed by atoms with Crippen LogP contribution in [-0.2, 0) is 6.54 Å². The van der Waals surface area contributed by atoms with Gasteiger partial charge >= 0.3 is 0 Å². The van der Waals surface area contributed by atoms with Crippen LogP contribution in [0.5, 0.6) is 0 Å². The van der Waals surface area contributed by atoms with Gasteiger partial charge in [-0.3, -0.25) is 10.1 Å². The number of nitrogens with zero attached hydrogens (tertiary/aromatic N) is 2. The molecular formula is C15H11ClN2O2. The Hall–Kier alpha value is -2.33. The molecule has 0 N–H and O–H groups in total. The van der Waals surface area contributed by atoms with E-state index < -0.39 is 0 Å². The standard InChI is InChI=1S/C15H11ClN2O2/c16-14-5-2-6-15-13(14)7-8-17(15)10-11-3-1-4-12(9-11)18(19)20/h1-9H,10H2. The monoisotopic (exact) mass is 286 g/mol. The lowest BCUT2D eigenvalue weighted by atomic mass is 10.2. The Kier molecular flexibility index (Phi) is 3.16. The van der Waals surface area contributed by atoms with Crippen molar-refractivity contribution in [1.82, 2.24) is 4.57 Å². The number of nitro groups is 1. The molecule has 0 spiro atoms. The number of halogens is 1. The second kappa shape index (κ2) is 4.98. The molecule has 0 saturated carbocycles. The van der Waals surface area contributed by atoms with Crippen molar-refractivity contribution in [1.29, 1.82) is 0 Å². The molecule has 3 rings (SSSR count). The first-order valence-electron chi connectivity index (χ1n) is 6.12. The van der Waals surface area contributed by atoms with Crippen molar-refractivity contribution in [3.63, 3.8) is 0 Å². The molecule has 5 heteroatoms. The second-order valence-corrected chi connectivity index (χ2v) is 4.95. The maximum atomic E-state index is 10.8. The van der Waals surface area contributed by atoms with E-state index >= 15 is 0 Å². The molecule has 0 saturated heterocycles. The molecule has 0 radical (unpaired) electrons. The number of hydrogen-bond donors (Lipinski definition) is 0. The Balaban J connectivity index is 1.99. The van der Waals surface area contributed by atoms with Gasteiger partial charge in [0, 0.05) is 40.8 Å². The zero-order valence-corrected chi connectivity index (χ0v) is 11.2. The van der Waals surface area contributed by atoms with Gasteiger partial charge in [0.1, 0.15) is 0 Å². The third-order valence-corrected chi connectivity index (χ3v) is 3.56. The fourth-order valence-electron chi connectivity index (χ4n) is 2.29. The fraction of sp³-hybridized carbons (Fsp3) is 0.0667. The van der Waals surface area contributed by atoms with E-state index in [1.54, 1.807) is 12.1 Å². The van der Waals surface area contributed by atoms with Crippen LogP contribution in [0.2, 0.25) is 5.02 Å². The molecule has 0 fully saturated rings. The van der Waals surface area contributed by atoms with E-state index in [2.05, 4.69) is 0 Å². The number of nitro benzene ring substituents is 1. The summed E-state index contributed by atoms with van der Waals surface area (Å²) in [4.78, 5) is 10.4. The summed E-state index contributed by atoms with van der Waals surface area (Å²) in [7, 11) is 0. The molecule has 3 aromatic rings. The quantitative estimate of drug-likeness (QED) is 0.534. The van der Waals surface area contributed by atoms with Crippen molar-refractivity contribution in [3.05, 3.63) is 75.4 Å². The Morgan fingerprint density at radius 3 is 2.75 bits per heavy atom. The van der Waals surface area contributed by atoms with Gasteiger partial charge in [0.15, 0.2) is 0 Å². The highest BCUT2D eigenvalue weighted by molar-refractivity contribution is 6.35. The van der Waals surface area contributed by atoms with E-state index in [4.69, 9.17) is 11.6 Å². The van der Waals surface area contributed by atoms with E-state index in [0.29, 0.717) is 11.6 Å². The number of non-ortho nitro benzene ring substituents is 1. The Morgan fingerprint density at radius 1 is 1.15 bits per heavy atom. The van der Waals surface area contributed by atoms with E-state index in [1.165, 1.54) is 6.07 Å². The molecule has 4 nitrogen and oxygen atoms in total. The smallest absolute Gasteiger partial charge is 0.269 e. The number of hydrogen-bond acceptors (Lipinski definition) is 2. The minimum absolute atomic E-state index is 0.108. The zero-order chi connectivity index (χ0) is 14.1. The van der Waals surface area contributed by atoms with Gasteiger partial charge in [-0.05, 0) is 23.8 Å². The second-order valence-electron chi connectivity index (χ2n) is 4.54. The first-order chi connectivity index (χ1) is 9.65. The largest absolute Gasteiger partial charge is 0.343 e. The highest BCUT2D eigenvalue weighted by Crippen LogP contribution is 2.25. The number of rotatable bonds is 3. The minimum atomic E-state index is -0.381. The molecule has 0 aliphatic heterocycles. The topological polar surface area (TPSA) is 48.1 Å². The van der Waals surface area contributed by atoms with Crippen LogP contribution >= 0.6 is 11.6 Å². The zero-order valence-electron chi connectivity index (χ0n) is 10.5. The highest BCUT2D eigenvalue weighted by Gasteiger charge is 2.08. The van der Waals surface area contributed by atoms with Gasteiger partial charge in [-0.1, -0.05) is 29.8 Å². The van der Waals surface area contributed by atoms with Gasteiger partial charge in [-0.2, -0.15) is 0 Å². The summed E-state index contributed by atoms with van der Waals surface area (Å²) in [6, 6.07) is 14.4. The molecule has 100 valence electrons. The summed E-state index contributed by atoms with van der Waals surface area (Å²) < 4.78 is 2.03. The van der Waals surface area contributed by atoms with Crippen molar-refractivity contribution >= 4 is 28.2 Å². The van der Waals surface area contributed by atoms with Crippen molar-refractivity contribution in [2.24, 2.45) is 0 Å². The van der Waals surface area contributed by atoms with Crippen LogP contribution < -0.4 is 0 Å². The van der Waals surface area contributed by atoms with Crippen molar-refractivity contribution in [2.45, 2.75) is 6.54 Å².